The van der Waals surface area contributed by atoms with E-state index in [4.69, 9.17) is 9.15 Å². The highest BCUT2D eigenvalue weighted by atomic mass is 19.1. The third-order valence-electron chi connectivity index (χ3n) is 5.20. The van der Waals surface area contributed by atoms with Gasteiger partial charge in [-0.2, -0.15) is 5.10 Å². The molecule has 1 aliphatic carbocycles. The quantitative estimate of drug-likeness (QED) is 0.528. The number of methoxy groups -OCH3 is 1. The predicted octanol–water partition coefficient (Wildman–Crippen LogP) is 3.58. The highest BCUT2D eigenvalue weighted by Gasteiger charge is 2.33. The molecule has 4 aromatic rings. The number of aromatic nitrogens is 4. The topological polar surface area (TPSA) is 82.5 Å². The standard InChI is InChI=1S/C21H17FN4O3/c1-28-11-15-19(12-4-6-14(22)7-5-12)21-24-23-20-16(26(21)25-15)9-13(10-17(20)27)18-3-2-8-29-18/h2-8,13H,9-11H2,1H3. The second kappa shape index (κ2) is 6.89. The normalized spacial score (nSPS) is 16.3. The van der Waals surface area contributed by atoms with Gasteiger partial charge in [0.05, 0.1) is 29.8 Å². The van der Waals surface area contributed by atoms with Crippen molar-refractivity contribution in [1.82, 2.24) is 19.8 Å². The van der Waals surface area contributed by atoms with Gasteiger partial charge in [0.1, 0.15) is 11.6 Å². The molecule has 1 aliphatic rings. The third-order valence-corrected chi connectivity index (χ3v) is 5.20. The maximum Gasteiger partial charge on any atom is 0.185 e. The SMILES string of the molecule is COCc1nn2c3c(nnc2c1-c1ccc(F)cc1)C(=O)CC(c1ccco1)C3. The minimum atomic E-state index is -0.325. The summed E-state index contributed by atoms with van der Waals surface area (Å²) in [5, 5.41) is 13.2. The fourth-order valence-corrected chi connectivity index (χ4v) is 3.89. The van der Waals surface area contributed by atoms with Gasteiger partial charge in [0, 0.05) is 25.9 Å². The molecule has 0 saturated carbocycles. The van der Waals surface area contributed by atoms with E-state index < -0.39 is 0 Å². The number of furan rings is 1. The van der Waals surface area contributed by atoms with Crippen molar-refractivity contribution in [1.29, 1.82) is 0 Å². The van der Waals surface area contributed by atoms with Gasteiger partial charge in [0.25, 0.3) is 0 Å². The van der Waals surface area contributed by atoms with Crippen molar-refractivity contribution < 1.29 is 18.3 Å². The molecule has 0 aliphatic heterocycles. The van der Waals surface area contributed by atoms with Gasteiger partial charge in [0.15, 0.2) is 17.1 Å². The number of ether oxygens (including phenoxy) is 1. The Labute approximate surface area is 165 Å². The highest BCUT2D eigenvalue weighted by molar-refractivity contribution is 5.97. The number of rotatable bonds is 4. The largest absolute Gasteiger partial charge is 0.469 e. The lowest BCUT2D eigenvalue weighted by Gasteiger charge is -2.21. The Morgan fingerprint density at radius 1 is 1.21 bits per heavy atom. The maximum absolute atomic E-state index is 13.4. The Bertz CT molecular complexity index is 1200. The first-order valence-electron chi connectivity index (χ1n) is 9.24. The van der Waals surface area contributed by atoms with E-state index in [1.54, 1.807) is 30.0 Å². The number of halogens is 1. The number of ketones is 1. The molecule has 1 atom stereocenters. The molecule has 0 spiro atoms. The molecule has 1 aromatic carbocycles. The Balaban J connectivity index is 1.70. The Morgan fingerprint density at radius 2 is 2.03 bits per heavy atom. The van der Waals surface area contributed by atoms with E-state index in [0.29, 0.717) is 35.6 Å². The molecule has 0 fully saturated rings. The molecule has 5 rings (SSSR count). The zero-order chi connectivity index (χ0) is 20.0. The summed E-state index contributed by atoms with van der Waals surface area (Å²) in [4.78, 5) is 12.7. The van der Waals surface area contributed by atoms with Crippen molar-refractivity contribution in [2.75, 3.05) is 7.11 Å². The van der Waals surface area contributed by atoms with Gasteiger partial charge in [-0.25, -0.2) is 8.91 Å². The lowest BCUT2D eigenvalue weighted by Crippen LogP contribution is -2.24. The zero-order valence-corrected chi connectivity index (χ0v) is 15.6. The number of hydrogen-bond donors (Lipinski definition) is 0. The van der Waals surface area contributed by atoms with E-state index in [2.05, 4.69) is 15.3 Å². The van der Waals surface area contributed by atoms with E-state index >= 15 is 0 Å². The van der Waals surface area contributed by atoms with Crippen molar-refractivity contribution in [3.8, 4) is 11.1 Å². The highest BCUT2D eigenvalue weighted by Crippen LogP contribution is 2.34. The summed E-state index contributed by atoms with van der Waals surface area (Å²) in [6, 6.07) is 9.80. The summed E-state index contributed by atoms with van der Waals surface area (Å²) >= 11 is 0. The van der Waals surface area contributed by atoms with Crippen molar-refractivity contribution in [3.05, 3.63) is 71.3 Å². The van der Waals surface area contributed by atoms with Crippen molar-refractivity contribution in [2.45, 2.75) is 25.4 Å². The van der Waals surface area contributed by atoms with Gasteiger partial charge in [0.2, 0.25) is 0 Å². The third kappa shape index (κ3) is 2.92. The number of Topliss-reactive ketones (excluding diaryl/α,β-unsaturated/α-hetero) is 1. The lowest BCUT2D eigenvalue weighted by molar-refractivity contribution is 0.0951. The van der Waals surface area contributed by atoms with Crippen LogP contribution in [0.4, 0.5) is 4.39 Å². The molecule has 1 unspecified atom stereocenters. The van der Waals surface area contributed by atoms with E-state index in [-0.39, 0.29) is 24.1 Å². The van der Waals surface area contributed by atoms with Crippen molar-refractivity contribution in [2.24, 2.45) is 0 Å². The van der Waals surface area contributed by atoms with Gasteiger partial charge in [-0.1, -0.05) is 12.1 Å². The molecule has 0 N–H and O–H groups in total. The van der Waals surface area contributed by atoms with Crippen LogP contribution in [0.5, 0.6) is 0 Å². The van der Waals surface area contributed by atoms with Gasteiger partial charge in [-0.3, -0.25) is 4.79 Å². The van der Waals surface area contributed by atoms with E-state index in [1.807, 2.05) is 12.1 Å². The second-order valence-electron chi connectivity index (χ2n) is 7.04. The summed E-state index contributed by atoms with van der Waals surface area (Å²) in [7, 11) is 1.58. The van der Waals surface area contributed by atoms with E-state index in [0.717, 1.165) is 16.9 Å². The summed E-state index contributed by atoms with van der Waals surface area (Å²) in [6.07, 6.45) is 2.47. The summed E-state index contributed by atoms with van der Waals surface area (Å²) in [5.41, 5.74) is 3.66. The minimum absolute atomic E-state index is 0.0817. The average Bonchev–Trinajstić information content (AvgIpc) is 3.37. The number of hydrogen-bond acceptors (Lipinski definition) is 6. The first-order valence-corrected chi connectivity index (χ1v) is 9.24. The van der Waals surface area contributed by atoms with Gasteiger partial charge < -0.3 is 9.15 Å². The zero-order valence-electron chi connectivity index (χ0n) is 15.6. The average molecular weight is 392 g/mol. The van der Waals surface area contributed by atoms with Crippen LogP contribution < -0.4 is 0 Å². The monoisotopic (exact) mass is 392 g/mol. The van der Waals surface area contributed by atoms with Crippen LogP contribution in [0.1, 0.15) is 40.0 Å². The fraction of sp³-hybridized carbons (Fsp3) is 0.238. The van der Waals surface area contributed by atoms with Gasteiger partial charge >= 0.3 is 0 Å². The van der Waals surface area contributed by atoms with Crippen LogP contribution in [0.15, 0.2) is 47.1 Å². The molecule has 3 heterocycles. The van der Waals surface area contributed by atoms with Gasteiger partial charge in [-0.15, -0.1) is 10.2 Å². The molecule has 3 aromatic heterocycles. The molecule has 29 heavy (non-hydrogen) atoms. The van der Waals surface area contributed by atoms with Crippen LogP contribution in [0.2, 0.25) is 0 Å². The molecule has 0 amide bonds. The smallest absolute Gasteiger partial charge is 0.185 e. The summed E-state index contributed by atoms with van der Waals surface area (Å²) in [5.74, 6) is 0.266. The van der Waals surface area contributed by atoms with E-state index in [9.17, 15) is 9.18 Å². The van der Waals surface area contributed by atoms with Crippen LogP contribution in [0.3, 0.4) is 0 Å². The van der Waals surface area contributed by atoms with Crippen LogP contribution in [-0.2, 0) is 17.8 Å². The predicted molar refractivity (Wildman–Crippen MR) is 101 cm³/mol. The first-order chi connectivity index (χ1) is 14.2. The van der Waals surface area contributed by atoms with Crippen LogP contribution in [-0.4, -0.2) is 32.7 Å². The molecule has 146 valence electrons. The van der Waals surface area contributed by atoms with Gasteiger partial charge in [-0.05, 0) is 29.8 Å². The van der Waals surface area contributed by atoms with Crippen LogP contribution in [0.25, 0.3) is 16.8 Å². The number of benzene rings is 1. The van der Waals surface area contributed by atoms with Crippen LogP contribution >= 0.6 is 0 Å². The second-order valence-corrected chi connectivity index (χ2v) is 7.04. The Kier molecular flexibility index (Phi) is 4.21. The van der Waals surface area contributed by atoms with E-state index in [1.165, 1.54) is 12.1 Å². The Hall–Kier alpha value is -3.39. The van der Waals surface area contributed by atoms with Crippen molar-refractivity contribution >= 4 is 11.4 Å². The summed E-state index contributed by atoms with van der Waals surface area (Å²) in [6.45, 7) is 0.250. The number of nitrogens with zero attached hydrogens (tertiary/aromatic N) is 4. The molecule has 0 saturated heterocycles. The lowest BCUT2D eigenvalue weighted by atomic mass is 9.87. The Morgan fingerprint density at radius 3 is 2.76 bits per heavy atom. The fourth-order valence-electron chi connectivity index (χ4n) is 3.89. The molecule has 7 nitrogen and oxygen atoms in total. The molecule has 0 radical (unpaired) electrons. The number of carbonyl (C=O) groups excluding carboxylic acids is 1. The first kappa shape index (κ1) is 17.7. The summed E-state index contributed by atoms with van der Waals surface area (Å²) < 4.78 is 25.9. The van der Waals surface area contributed by atoms with Crippen LogP contribution in [0, 0.1) is 5.82 Å². The molecular formula is C21H17FN4O3. The van der Waals surface area contributed by atoms with Crippen molar-refractivity contribution in [3.63, 3.8) is 0 Å². The number of fused-ring (bicyclic) bond motifs is 3. The molecule has 8 heteroatoms. The number of carbonyl (C=O) groups is 1. The minimum Gasteiger partial charge on any atom is -0.469 e. The maximum atomic E-state index is 13.4. The molecular weight excluding hydrogens is 375 g/mol. The molecule has 0 bridgehead atoms.